The van der Waals surface area contributed by atoms with Gasteiger partial charge >= 0.3 is 0 Å². The van der Waals surface area contributed by atoms with Crippen molar-refractivity contribution >= 4 is 19.7 Å². The van der Waals surface area contributed by atoms with Gasteiger partial charge in [-0.3, -0.25) is 0 Å². The van der Waals surface area contributed by atoms with Gasteiger partial charge < -0.3 is 0 Å². The summed E-state index contributed by atoms with van der Waals surface area (Å²) >= 11 is 0. The van der Waals surface area contributed by atoms with Gasteiger partial charge in [-0.25, -0.2) is 8.42 Å². The minimum Gasteiger partial charge on any atom is -0.212 e. The van der Waals surface area contributed by atoms with Gasteiger partial charge in [0.2, 0.25) is 9.05 Å². The fourth-order valence-electron chi connectivity index (χ4n) is 0.923. The lowest BCUT2D eigenvalue weighted by Gasteiger charge is -2.19. The molecule has 0 atom stereocenters. The Morgan fingerprint density at radius 1 is 1.25 bits per heavy atom. The molecule has 12 heavy (non-hydrogen) atoms. The molecule has 0 aliphatic rings. The topological polar surface area (TPSA) is 34.1 Å². The van der Waals surface area contributed by atoms with Crippen molar-refractivity contribution in [2.75, 3.05) is 0 Å². The van der Waals surface area contributed by atoms with Crippen LogP contribution < -0.4 is 0 Å². The predicted molar refractivity (Wildman–Crippen MR) is 53.0 cm³/mol. The molecule has 0 aromatic rings. The molecule has 0 aromatic carbocycles. The second kappa shape index (κ2) is 4.47. The van der Waals surface area contributed by atoms with Crippen molar-refractivity contribution in [1.82, 2.24) is 0 Å². The smallest absolute Gasteiger partial charge is 0.212 e. The molecule has 0 spiro atoms. The molecule has 0 saturated carbocycles. The van der Waals surface area contributed by atoms with Crippen LogP contribution >= 0.6 is 10.7 Å². The van der Waals surface area contributed by atoms with E-state index in [9.17, 15) is 8.42 Å². The Balaban J connectivity index is 4.06. The fraction of sp³-hybridized carbons (Fsp3) is 1.00. The van der Waals surface area contributed by atoms with Crippen molar-refractivity contribution in [3.63, 3.8) is 0 Å². The Labute approximate surface area is 79.7 Å². The van der Waals surface area contributed by atoms with Gasteiger partial charge in [0.25, 0.3) is 0 Å². The van der Waals surface area contributed by atoms with Crippen LogP contribution in [0.2, 0.25) is 0 Å². The van der Waals surface area contributed by atoms with Gasteiger partial charge in [-0.2, -0.15) is 0 Å². The third-order valence-corrected chi connectivity index (χ3v) is 4.82. The molecular formula is C8H17ClO2S. The summed E-state index contributed by atoms with van der Waals surface area (Å²) in [5, 5.41) is 0. The van der Waals surface area contributed by atoms with Gasteiger partial charge in [-0.05, 0) is 20.3 Å². The minimum absolute atomic E-state index is 0.646. The molecule has 0 unspecified atom stereocenters. The van der Waals surface area contributed by atoms with Crippen LogP contribution in [0.5, 0.6) is 0 Å². The molecule has 0 fully saturated rings. The highest BCUT2D eigenvalue weighted by Gasteiger charge is 2.31. The first-order valence-corrected chi connectivity index (χ1v) is 6.56. The summed E-state index contributed by atoms with van der Waals surface area (Å²) in [5.74, 6) is 0. The van der Waals surface area contributed by atoms with E-state index in [1.54, 1.807) is 13.8 Å². The third-order valence-electron chi connectivity index (χ3n) is 2.04. The molecule has 74 valence electrons. The number of hydrogen-bond donors (Lipinski definition) is 0. The first kappa shape index (κ1) is 12.2. The van der Waals surface area contributed by atoms with Crippen LogP contribution in [0, 0.1) is 0 Å². The molecule has 0 amide bonds. The minimum atomic E-state index is -3.41. The molecule has 0 N–H and O–H groups in total. The van der Waals surface area contributed by atoms with Crippen molar-refractivity contribution in [3.05, 3.63) is 0 Å². The molecule has 0 rings (SSSR count). The van der Waals surface area contributed by atoms with E-state index < -0.39 is 13.8 Å². The van der Waals surface area contributed by atoms with E-state index in [1.165, 1.54) is 0 Å². The number of rotatable bonds is 5. The molecule has 0 radical (unpaired) electrons. The Kier molecular flexibility index (Phi) is 4.56. The number of unbranched alkanes of at least 4 members (excludes halogenated alkanes) is 2. The molecule has 0 bridgehead atoms. The van der Waals surface area contributed by atoms with E-state index in [0.29, 0.717) is 6.42 Å². The summed E-state index contributed by atoms with van der Waals surface area (Å²) in [4.78, 5) is 0. The summed E-state index contributed by atoms with van der Waals surface area (Å²) in [6.45, 7) is 5.43. The maximum absolute atomic E-state index is 11.0. The highest BCUT2D eigenvalue weighted by Crippen LogP contribution is 2.26. The highest BCUT2D eigenvalue weighted by molar-refractivity contribution is 8.14. The third kappa shape index (κ3) is 3.76. The van der Waals surface area contributed by atoms with Crippen molar-refractivity contribution in [3.8, 4) is 0 Å². The first-order chi connectivity index (χ1) is 5.31. The largest absolute Gasteiger partial charge is 0.237 e. The molecular weight excluding hydrogens is 196 g/mol. The standard InChI is InChI=1S/C8H17ClO2S/c1-4-5-6-7-8(2,3)12(9,10)11/h4-7H2,1-3H3. The predicted octanol–water partition coefficient (Wildman–Crippen LogP) is 2.91. The van der Waals surface area contributed by atoms with Crippen LogP contribution in [-0.4, -0.2) is 13.2 Å². The Morgan fingerprint density at radius 2 is 1.75 bits per heavy atom. The lowest BCUT2D eigenvalue weighted by Crippen LogP contribution is -2.27. The molecule has 0 heterocycles. The van der Waals surface area contributed by atoms with E-state index >= 15 is 0 Å². The van der Waals surface area contributed by atoms with Gasteiger partial charge in [0.15, 0.2) is 0 Å². The van der Waals surface area contributed by atoms with Crippen LogP contribution in [0.15, 0.2) is 0 Å². The monoisotopic (exact) mass is 212 g/mol. The average Bonchev–Trinajstić information content (AvgIpc) is 1.85. The van der Waals surface area contributed by atoms with E-state index in [1.807, 2.05) is 0 Å². The van der Waals surface area contributed by atoms with Crippen LogP contribution in [-0.2, 0) is 9.05 Å². The molecule has 0 aliphatic carbocycles. The van der Waals surface area contributed by atoms with Gasteiger partial charge in [0, 0.05) is 10.7 Å². The maximum atomic E-state index is 11.0. The quantitative estimate of drug-likeness (QED) is 0.519. The van der Waals surface area contributed by atoms with Crippen LogP contribution in [0.4, 0.5) is 0 Å². The van der Waals surface area contributed by atoms with Gasteiger partial charge in [0.05, 0.1) is 4.75 Å². The Morgan fingerprint density at radius 3 is 2.08 bits per heavy atom. The molecule has 2 nitrogen and oxygen atoms in total. The van der Waals surface area contributed by atoms with Gasteiger partial charge in [0.1, 0.15) is 0 Å². The maximum Gasteiger partial charge on any atom is 0.237 e. The summed E-state index contributed by atoms with van der Waals surface area (Å²) in [7, 11) is 1.87. The summed E-state index contributed by atoms with van der Waals surface area (Å²) in [6.07, 6.45) is 3.73. The van der Waals surface area contributed by atoms with Crippen molar-refractivity contribution in [2.45, 2.75) is 51.2 Å². The molecule has 0 aromatic heterocycles. The summed E-state index contributed by atoms with van der Waals surface area (Å²) < 4.78 is 21.3. The average molecular weight is 213 g/mol. The van der Waals surface area contributed by atoms with Crippen molar-refractivity contribution < 1.29 is 8.42 Å². The SMILES string of the molecule is CCCCCC(C)(C)S(=O)(=O)Cl. The van der Waals surface area contributed by atoms with E-state index in [4.69, 9.17) is 10.7 Å². The molecule has 4 heteroatoms. The second-order valence-electron chi connectivity index (χ2n) is 3.65. The molecule has 0 aliphatic heterocycles. The van der Waals surface area contributed by atoms with E-state index in [-0.39, 0.29) is 0 Å². The van der Waals surface area contributed by atoms with Crippen LogP contribution in [0.25, 0.3) is 0 Å². The van der Waals surface area contributed by atoms with Gasteiger partial charge in [-0.15, -0.1) is 0 Å². The van der Waals surface area contributed by atoms with Crippen LogP contribution in [0.3, 0.4) is 0 Å². The highest BCUT2D eigenvalue weighted by atomic mass is 35.7. The fourth-order valence-corrected chi connectivity index (χ4v) is 1.54. The zero-order chi connectivity index (χ0) is 9.83. The zero-order valence-corrected chi connectivity index (χ0v) is 9.50. The second-order valence-corrected chi connectivity index (χ2v) is 6.85. The summed E-state index contributed by atoms with van der Waals surface area (Å²) in [6, 6.07) is 0. The zero-order valence-electron chi connectivity index (χ0n) is 7.93. The van der Waals surface area contributed by atoms with E-state index in [0.717, 1.165) is 19.3 Å². The first-order valence-electron chi connectivity index (χ1n) is 4.25. The lowest BCUT2D eigenvalue weighted by atomic mass is 10.0. The van der Waals surface area contributed by atoms with E-state index in [2.05, 4.69) is 6.92 Å². The Hall–Kier alpha value is 0.240. The molecule has 0 saturated heterocycles. The summed E-state index contributed by atoms with van der Waals surface area (Å²) in [5.41, 5.74) is 0. The lowest BCUT2D eigenvalue weighted by molar-refractivity contribution is 0.517. The number of halogens is 1. The normalized spacial score (nSPS) is 13.3. The van der Waals surface area contributed by atoms with Crippen molar-refractivity contribution in [1.29, 1.82) is 0 Å². The number of hydrogen-bond acceptors (Lipinski definition) is 2. The Bertz CT molecular complexity index is 219. The van der Waals surface area contributed by atoms with Crippen LogP contribution in [0.1, 0.15) is 46.5 Å². The van der Waals surface area contributed by atoms with Gasteiger partial charge in [-0.1, -0.05) is 26.2 Å². The van der Waals surface area contributed by atoms with Crippen molar-refractivity contribution in [2.24, 2.45) is 0 Å².